The summed E-state index contributed by atoms with van der Waals surface area (Å²) in [5.41, 5.74) is 1.69. The molecule has 26 heavy (non-hydrogen) atoms. The number of amides is 1. The van der Waals surface area contributed by atoms with E-state index in [-0.39, 0.29) is 12.7 Å². The highest BCUT2D eigenvalue weighted by molar-refractivity contribution is 7.92. The third kappa shape index (κ3) is 4.07. The van der Waals surface area contributed by atoms with Crippen molar-refractivity contribution in [3.63, 3.8) is 0 Å². The molecule has 0 N–H and O–H groups in total. The zero-order valence-electron chi connectivity index (χ0n) is 14.8. The van der Waals surface area contributed by atoms with Gasteiger partial charge in [-0.25, -0.2) is 13.2 Å². The second-order valence-electron chi connectivity index (χ2n) is 6.54. The Morgan fingerprint density at radius 1 is 1.04 bits per heavy atom. The Kier molecular flexibility index (Phi) is 5.61. The molecule has 0 aromatic heterocycles. The Balaban J connectivity index is 1.57. The molecule has 5 nitrogen and oxygen atoms in total. The first-order valence-corrected chi connectivity index (χ1v) is 10.3. The summed E-state index contributed by atoms with van der Waals surface area (Å²) in [7, 11) is -3.38. The van der Waals surface area contributed by atoms with Crippen LogP contribution in [0.25, 0.3) is 0 Å². The minimum atomic E-state index is -3.38. The quantitative estimate of drug-likeness (QED) is 0.822. The van der Waals surface area contributed by atoms with Crippen molar-refractivity contribution in [2.45, 2.75) is 36.5 Å². The lowest BCUT2D eigenvalue weighted by Crippen LogP contribution is -2.42. The Hall–Kier alpha value is -2.34. The molecule has 138 valence electrons. The third-order valence-corrected chi connectivity index (χ3v) is 7.16. The molecule has 0 bridgehead atoms. The van der Waals surface area contributed by atoms with Crippen LogP contribution in [0.15, 0.2) is 59.5 Å². The third-order valence-electron chi connectivity index (χ3n) is 4.74. The molecule has 1 aliphatic heterocycles. The van der Waals surface area contributed by atoms with Crippen LogP contribution >= 0.6 is 0 Å². The number of likely N-dealkylation sites (tertiary alicyclic amines) is 1. The van der Waals surface area contributed by atoms with Gasteiger partial charge in [-0.3, -0.25) is 0 Å². The van der Waals surface area contributed by atoms with Gasteiger partial charge >= 0.3 is 6.09 Å². The number of hydrogen-bond acceptors (Lipinski definition) is 4. The van der Waals surface area contributed by atoms with Gasteiger partial charge in [-0.15, -0.1) is 0 Å². The highest BCUT2D eigenvalue weighted by Crippen LogP contribution is 2.27. The highest BCUT2D eigenvalue weighted by atomic mass is 32.2. The maximum atomic E-state index is 12.9. The predicted octanol–water partition coefficient (Wildman–Crippen LogP) is 3.57. The van der Waals surface area contributed by atoms with Gasteiger partial charge in [0.15, 0.2) is 9.84 Å². The van der Waals surface area contributed by atoms with Crippen LogP contribution in [0.4, 0.5) is 4.79 Å². The van der Waals surface area contributed by atoms with E-state index in [1.54, 1.807) is 17.0 Å². The minimum absolute atomic E-state index is 0.223. The number of nitrogens with zero attached hydrogens (tertiary/aromatic N) is 1. The molecule has 0 saturated carbocycles. The molecule has 0 unspecified atom stereocenters. The molecule has 0 atom stereocenters. The summed E-state index contributed by atoms with van der Waals surface area (Å²) in [6, 6.07) is 16.5. The van der Waals surface area contributed by atoms with Crippen LogP contribution in [0.3, 0.4) is 0 Å². The Bertz CT molecular complexity index is 856. The molecule has 6 heteroatoms. The summed E-state index contributed by atoms with van der Waals surface area (Å²) >= 11 is 0. The van der Waals surface area contributed by atoms with E-state index in [9.17, 15) is 13.2 Å². The summed E-state index contributed by atoms with van der Waals surface area (Å²) < 4.78 is 31.1. The number of aryl methyl sites for hydroxylation is 1. The molecule has 1 heterocycles. The van der Waals surface area contributed by atoms with Crippen molar-refractivity contribution in [1.82, 2.24) is 4.90 Å². The van der Waals surface area contributed by atoms with E-state index in [0.717, 1.165) is 11.1 Å². The lowest BCUT2D eigenvalue weighted by Gasteiger charge is -2.31. The van der Waals surface area contributed by atoms with Crippen molar-refractivity contribution < 1.29 is 17.9 Å². The molecule has 1 aliphatic rings. The van der Waals surface area contributed by atoms with Gasteiger partial charge in [0.25, 0.3) is 0 Å². The summed E-state index contributed by atoms with van der Waals surface area (Å²) in [6.07, 6.45) is 0.467. The Labute approximate surface area is 154 Å². The Morgan fingerprint density at radius 2 is 1.65 bits per heavy atom. The van der Waals surface area contributed by atoms with Crippen molar-refractivity contribution in [1.29, 1.82) is 0 Å². The van der Waals surface area contributed by atoms with E-state index in [4.69, 9.17) is 4.74 Å². The SMILES string of the molecule is Cc1ccccc1S(=O)(=O)C1CCN(C(=O)OCc2ccccc2)CC1. The van der Waals surface area contributed by atoms with Crippen LogP contribution in [-0.4, -0.2) is 37.8 Å². The minimum Gasteiger partial charge on any atom is -0.445 e. The van der Waals surface area contributed by atoms with Crippen molar-refractivity contribution in [3.05, 3.63) is 65.7 Å². The molecule has 2 aromatic carbocycles. The summed E-state index contributed by atoms with van der Waals surface area (Å²) in [5.74, 6) is 0. The van der Waals surface area contributed by atoms with E-state index >= 15 is 0 Å². The van der Waals surface area contributed by atoms with Crippen molar-refractivity contribution in [2.24, 2.45) is 0 Å². The number of rotatable bonds is 4. The molecule has 3 rings (SSSR count). The van der Waals surface area contributed by atoms with Gasteiger partial charge in [-0.1, -0.05) is 48.5 Å². The molecule has 0 aliphatic carbocycles. The first-order valence-electron chi connectivity index (χ1n) is 8.73. The van der Waals surface area contributed by atoms with Crippen molar-refractivity contribution in [3.8, 4) is 0 Å². The maximum absolute atomic E-state index is 12.9. The monoisotopic (exact) mass is 373 g/mol. The number of ether oxygens (including phenoxy) is 1. The largest absolute Gasteiger partial charge is 0.445 e. The molecule has 2 aromatic rings. The van der Waals surface area contributed by atoms with Crippen LogP contribution in [0.2, 0.25) is 0 Å². The first kappa shape index (κ1) is 18.5. The number of carbonyl (C=O) groups is 1. The standard InChI is InChI=1S/C20H23NO4S/c1-16-7-5-6-10-19(16)26(23,24)18-11-13-21(14-12-18)20(22)25-15-17-8-3-2-4-9-17/h2-10,18H,11-15H2,1H3. The molecule has 0 radical (unpaired) electrons. The average Bonchev–Trinajstić information content (AvgIpc) is 2.67. The average molecular weight is 373 g/mol. The summed E-state index contributed by atoms with van der Waals surface area (Å²) in [4.78, 5) is 14.2. The van der Waals surface area contributed by atoms with Gasteiger partial charge in [0.05, 0.1) is 10.1 Å². The second-order valence-corrected chi connectivity index (χ2v) is 8.73. The lowest BCUT2D eigenvalue weighted by molar-refractivity contribution is 0.0897. The first-order chi connectivity index (χ1) is 12.5. The topological polar surface area (TPSA) is 63.7 Å². The summed E-state index contributed by atoms with van der Waals surface area (Å²) in [6.45, 7) is 2.82. The maximum Gasteiger partial charge on any atom is 0.410 e. The van der Waals surface area contributed by atoms with E-state index in [1.807, 2.05) is 49.4 Å². The number of piperidine rings is 1. The zero-order chi connectivity index (χ0) is 18.6. The molecule has 1 amide bonds. The van der Waals surface area contributed by atoms with Crippen LogP contribution in [-0.2, 0) is 21.2 Å². The fourth-order valence-corrected chi connectivity index (χ4v) is 5.19. The van der Waals surface area contributed by atoms with Crippen LogP contribution in [0.1, 0.15) is 24.0 Å². The predicted molar refractivity (Wildman–Crippen MR) is 99.6 cm³/mol. The van der Waals surface area contributed by atoms with Gasteiger partial charge in [0, 0.05) is 13.1 Å². The van der Waals surface area contributed by atoms with Crippen LogP contribution < -0.4 is 0 Å². The molecule has 0 spiro atoms. The lowest BCUT2D eigenvalue weighted by atomic mass is 10.1. The van der Waals surface area contributed by atoms with Gasteiger partial charge in [-0.05, 0) is 37.0 Å². The highest BCUT2D eigenvalue weighted by Gasteiger charge is 2.33. The van der Waals surface area contributed by atoms with E-state index in [0.29, 0.717) is 30.8 Å². The number of benzene rings is 2. The fourth-order valence-electron chi connectivity index (χ4n) is 3.21. The second kappa shape index (κ2) is 7.91. The van der Waals surface area contributed by atoms with Crippen molar-refractivity contribution >= 4 is 15.9 Å². The van der Waals surface area contributed by atoms with E-state index in [2.05, 4.69) is 0 Å². The van der Waals surface area contributed by atoms with Crippen molar-refractivity contribution in [2.75, 3.05) is 13.1 Å². The van der Waals surface area contributed by atoms with Gasteiger partial charge < -0.3 is 9.64 Å². The number of hydrogen-bond donors (Lipinski definition) is 0. The summed E-state index contributed by atoms with van der Waals surface area (Å²) in [5, 5.41) is -0.457. The van der Waals surface area contributed by atoms with Crippen LogP contribution in [0.5, 0.6) is 0 Å². The molecule has 1 saturated heterocycles. The molecule has 1 fully saturated rings. The molecular weight excluding hydrogens is 350 g/mol. The van der Waals surface area contributed by atoms with Gasteiger partial charge in [0.2, 0.25) is 0 Å². The van der Waals surface area contributed by atoms with Crippen LogP contribution in [0, 0.1) is 6.92 Å². The number of sulfone groups is 1. The van der Waals surface area contributed by atoms with Gasteiger partial charge in [0.1, 0.15) is 6.61 Å². The Morgan fingerprint density at radius 3 is 2.31 bits per heavy atom. The van der Waals surface area contributed by atoms with Gasteiger partial charge in [-0.2, -0.15) is 0 Å². The van der Waals surface area contributed by atoms with E-state index in [1.165, 1.54) is 0 Å². The normalized spacial score (nSPS) is 15.7. The smallest absolute Gasteiger partial charge is 0.410 e. The zero-order valence-corrected chi connectivity index (χ0v) is 15.6. The fraction of sp³-hybridized carbons (Fsp3) is 0.350. The molecular formula is C20H23NO4S. The van der Waals surface area contributed by atoms with E-state index < -0.39 is 15.1 Å². The number of carbonyl (C=O) groups excluding carboxylic acids is 1.